The molecule has 0 radical (unpaired) electrons. The Labute approximate surface area is 124 Å². The fourth-order valence-electron chi connectivity index (χ4n) is 1.34. The van der Waals surface area contributed by atoms with Gasteiger partial charge in [0.25, 0.3) is 0 Å². The molecule has 0 saturated carbocycles. The summed E-state index contributed by atoms with van der Waals surface area (Å²) in [6, 6.07) is 7.26. The van der Waals surface area contributed by atoms with Crippen molar-refractivity contribution in [2.75, 3.05) is 40.6 Å². The Morgan fingerprint density at radius 3 is 2.43 bits per heavy atom. The minimum Gasteiger partial charge on any atom is -0.497 e. The first kappa shape index (κ1) is 17.2. The lowest BCUT2D eigenvalue weighted by Crippen LogP contribution is -2.10. The van der Waals surface area contributed by atoms with Crippen LogP contribution in [0.2, 0.25) is 0 Å². The number of carbonyl (C=O) groups is 1. The number of rotatable bonds is 10. The van der Waals surface area contributed by atoms with Crippen molar-refractivity contribution in [2.24, 2.45) is 0 Å². The van der Waals surface area contributed by atoms with E-state index in [1.54, 1.807) is 32.4 Å². The molecule has 0 bridgehead atoms. The number of carbonyl (C=O) groups excluding carboxylic acids is 1. The molecule has 1 aromatic carbocycles. The van der Waals surface area contributed by atoms with Gasteiger partial charge in [-0.2, -0.15) is 4.89 Å². The Bertz CT molecular complexity index is 426. The Morgan fingerprint density at radius 1 is 1.05 bits per heavy atom. The second-order valence-electron chi connectivity index (χ2n) is 3.94. The van der Waals surface area contributed by atoms with Crippen LogP contribution in [0.15, 0.2) is 30.3 Å². The molecule has 1 aromatic rings. The minimum absolute atomic E-state index is 0.172. The maximum Gasteiger partial charge on any atom is 0.365 e. The second-order valence-corrected chi connectivity index (χ2v) is 3.94. The molecular weight excluding hydrogens is 276 g/mol. The molecule has 1 rings (SSSR count). The summed E-state index contributed by atoms with van der Waals surface area (Å²) in [5, 5.41) is 0. The molecule has 0 aliphatic rings. The van der Waals surface area contributed by atoms with Crippen LogP contribution < -0.4 is 4.74 Å². The van der Waals surface area contributed by atoms with Gasteiger partial charge in [0.2, 0.25) is 0 Å². The van der Waals surface area contributed by atoms with Gasteiger partial charge in [0.05, 0.1) is 26.9 Å². The van der Waals surface area contributed by atoms with Crippen molar-refractivity contribution in [2.45, 2.75) is 0 Å². The molecule has 21 heavy (non-hydrogen) atoms. The van der Waals surface area contributed by atoms with E-state index in [2.05, 4.69) is 4.89 Å². The first-order chi connectivity index (χ1) is 10.3. The molecule has 0 amide bonds. The summed E-state index contributed by atoms with van der Waals surface area (Å²) in [7, 11) is 3.19. The normalized spacial score (nSPS) is 10.8. The molecule has 0 saturated heterocycles. The Morgan fingerprint density at radius 2 is 1.76 bits per heavy atom. The largest absolute Gasteiger partial charge is 0.497 e. The maximum atomic E-state index is 11.4. The average Bonchev–Trinajstić information content (AvgIpc) is 2.52. The lowest BCUT2D eigenvalue weighted by atomic mass is 10.2. The van der Waals surface area contributed by atoms with Crippen LogP contribution >= 0.6 is 0 Å². The van der Waals surface area contributed by atoms with E-state index in [0.29, 0.717) is 19.8 Å². The van der Waals surface area contributed by atoms with E-state index in [4.69, 9.17) is 19.1 Å². The third kappa shape index (κ3) is 8.09. The average molecular weight is 296 g/mol. The van der Waals surface area contributed by atoms with Gasteiger partial charge in [-0.3, -0.25) is 4.89 Å². The highest BCUT2D eigenvalue weighted by atomic mass is 17.2. The molecule has 0 heterocycles. The minimum atomic E-state index is -0.581. The highest BCUT2D eigenvalue weighted by Gasteiger charge is 1.99. The molecule has 0 spiro atoms. The van der Waals surface area contributed by atoms with Gasteiger partial charge in [0, 0.05) is 13.2 Å². The van der Waals surface area contributed by atoms with Crippen LogP contribution in [-0.2, 0) is 24.0 Å². The maximum absolute atomic E-state index is 11.4. The van der Waals surface area contributed by atoms with E-state index in [9.17, 15) is 4.79 Å². The third-order valence-electron chi connectivity index (χ3n) is 2.41. The smallest absolute Gasteiger partial charge is 0.365 e. The van der Waals surface area contributed by atoms with Gasteiger partial charge in [0.1, 0.15) is 12.4 Å². The molecule has 0 unspecified atom stereocenters. The Kier molecular flexibility index (Phi) is 8.86. The molecule has 0 atom stereocenters. The van der Waals surface area contributed by atoms with Crippen molar-refractivity contribution in [3.63, 3.8) is 0 Å². The van der Waals surface area contributed by atoms with E-state index in [-0.39, 0.29) is 6.61 Å². The summed E-state index contributed by atoms with van der Waals surface area (Å²) < 4.78 is 15.0. The van der Waals surface area contributed by atoms with E-state index >= 15 is 0 Å². The predicted molar refractivity (Wildman–Crippen MR) is 76.8 cm³/mol. The van der Waals surface area contributed by atoms with Gasteiger partial charge in [-0.25, -0.2) is 4.79 Å². The zero-order valence-corrected chi connectivity index (χ0v) is 12.2. The lowest BCUT2D eigenvalue weighted by molar-refractivity contribution is -0.271. The zero-order valence-electron chi connectivity index (χ0n) is 12.2. The highest BCUT2D eigenvalue weighted by Crippen LogP contribution is 2.12. The van der Waals surface area contributed by atoms with E-state index in [0.717, 1.165) is 11.3 Å². The molecule has 0 aliphatic carbocycles. The molecular formula is C15H20O6. The number of benzene rings is 1. The van der Waals surface area contributed by atoms with Crippen molar-refractivity contribution in [3.05, 3.63) is 35.9 Å². The van der Waals surface area contributed by atoms with Crippen molar-refractivity contribution in [1.29, 1.82) is 0 Å². The first-order valence-electron chi connectivity index (χ1n) is 6.48. The third-order valence-corrected chi connectivity index (χ3v) is 2.41. The fraction of sp³-hybridized carbons (Fsp3) is 0.400. The van der Waals surface area contributed by atoms with Crippen molar-refractivity contribution in [1.82, 2.24) is 0 Å². The van der Waals surface area contributed by atoms with Crippen LogP contribution in [-0.4, -0.2) is 46.6 Å². The molecule has 0 aliphatic heterocycles. The summed E-state index contributed by atoms with van der Waals surface area (Å²) in [4.78, 5) is 20.6. The standard InChI is InChI=1S/C15H20O6/c1-17-9-10-19-11-12-20-21-15(16)8-5-13-3-6-14(18-2)7-4-13/h3-8H,9-12H2,1-2H3/b8-5+. The predicted octanol–water partition coefficient (Wildman–Crippen LogP) is 1.85. The molecule has 6 nitrogen and oxygen atoms in total. The number of hydrogen-bond acceptors (Lipinski definition) is 6. The summed E-state index contributed by atoms with van der Waals surface area (Å²) in [5.41, 5.74) is 0.857. The molecule has 0 fully saturated rings. The van der Waals surface area contributed by atoms with Crippen LogP contribution in [0.3, 0.4) is 0 Å². The summed E-state index contributed by atoms with van der Waals surface area (Å²) in [6.45, 7) is 1.50. The quantitative estimate of drug-likeness (QED) is 0.284. The van der Waals surface area contributed by atoms with Crippen molar-refractivity contribution in [3.8, 4) is 5.75 Å². The Hall–Kier alpha value is -1.89. The number of methoxy groups -OCH3 is 2. The lowest BCUT2D eigenvalue weighted by Gasteiger charge is -2.03. The van der Waals surface area contributed by atoms with Gasteiger partial charge in [-0.05, 0) is 23.8 Å². The van der Waals surface area contributed by atoms with Gasteiger partial charge in [-0.15, -0.1) is 0 Å². The van der Waals surface area contributed by atoms with E-state index < -0.39 is 5.97 Å². The first-order valence-corrected chi connectivity index (χ1v) is 6.48. The van der Waals surface area contributed by atoms with Crippen LogP contribution in [0.4, 0.5) is 0 Å². The SMILES string of the molecule is COCCOCCOOC(=O)/C=C/c1ccc(OC)cc1. The van der Waals surface area contributed by atoms with Crippen molar-refractivity contribution < 1.29 is 28.8 Å². The topological polar surface area (TPSA) is 63.2 Å². The fourth-order valence-corrected chi connectivity index (χ4v) is 1.34. The van der Waals surface area contributed by atoms with Gasteiger partial charge in [-0.1, -0.05) is 12.1 Å². The molecule has 0 aromatic heterocycles. The van der Waals surface area contributed by atoms with Crippen LogP contribution in [0, 0.1) is 0 Å². The van der Waals surface area contributed by atoms with Crippen LogP contribution in [0.25, 0.3) is 6.08 Å². The van der Waals surface area contributed by atoms with Gasteiger partial charge >= 0.3 is 5.97 Å². The second kappa shape index (κ2) is 10.8. The van der Waals surface area contributed by atoms with E-state index in [1.807, 2.05) is 12.1 Å². The van der Waals surface area contributed by atoms with Gasteiger partial charge in [0.15, 0.2) is 0 Å². The van der Waals surface area contributed by atoms with Crippen LogP contribution in [0.1, 0.15) is 5.56 Å². The number of hydrogen-bond donors (Lipinski definition) is 0. The van der Waals surface area contributed by atoms with Crippen LogP contribution in [0.5, 0.6) is 5.75 Å². The number of ether oxygens (including phenoxy) is 3. The molecule has 0 N–H and O–H groups in total. The monoisotopic (exact) mass is 296 g/mol. The van der Waals surface area contributed by atoms with Gasteiger partial charge < -0.3 is 14.2 Å². The van der Waals surface area contributed by atoms with Crippen molar-refractivity contribution >= 4 is 12.0 Å². The zero-order chi connectivity index (χ0) is 15.3. The molecule has 116 valence electrons. The summed E-state index contributed by atoms with van der Waals surface area (Å²) >= 11 is 0. The summed E-state index contributed by atoms with van der Waals surface area (Å²) in [5.74, 6) is 0.175. The van der Waals surface area contributed by atoms with E-state index in [1.165, 1.54) is 6.08 Å². The molecule has 6 heteroatoms. The highest BCUT2D eigenvalue weighted by molar-refractivity contribution is 5.86. The Balaban J connectivity index is 2.16. The summed E-state index contributed by atoms with van der Waals surface area (Å²) in [6.07, 6.45) is 2.91.